The molecule has 2 aromatic rings. The quantitative estimate of drug-likeness (QED) is 0.775. The van der Waals surface area contributed by atoms with Gasteiger partial charge in [-0.25, -0.2) is 0 Å². The van der Waals surface area contributed by atoms with Gasteiger partial charge in [-0.3, -0.25) is 9.97 Å². The van der Waals surface area contributed by atoms with Crippen LogP contribution in [0.25, 0.3) is 0 Å². The number of nitrogens with zero attached hydrogens (tertiary/aromatic N) is 3. The van der Waals surface area contributed by atoms with Crippen molar-refractivity contribution < 1.29 is 0 Å². The average molecular weight is 241 g/mol. The van der Waals surface area contributed by atoms with Crippen LogP contribution in [-0.2, 0) is 0 Å². The van der Waals surface area contributed by atoms with Gasteiger partial charge in [-0.05, 0) is 24.0 Å². The van der Waals surface area contributed by atoms with Gasteiger partial charge < -0.3 is 0 Å². The highest BCUT2D eigenvalue weighted by Crippen LogP contribution is 2.24. The fourth-order valence-electron chi connectivity index (χ4n) is 1.57. The first-order chi connectivity index (χ1) is 8.35. The topological polar surface area (TPSA) is 49.6 Å². The molecule has 0 aliphatic carbocycles. The number of thioether (sulfide) groups is 1. The maximum Gasteiger partial charge on any atom is 0.115 e. The van der Waals surface area contributed by atoms with Gasteiger partial charge >= 0.3 is 0 Å². The Hall–Kier alpha value is -1.86. The Morgan fingerprint density at radius 3 is 2.53 bits per heavy atom. The molecule has 0 amide bonds. The predicted molar refractivity (Wildman–Crippen MR) is 67.7 cm³/mol. The molecule has 1 aromatic heterocycles. The lowest BCUT2D eigenvalue weighted by Gasteiger charge is -2.08. The number of aromatic nitrogens is 2. The summed E-state index contributed by atoms with van der Waals surface area (Å²) < 4.78 is 0. The summed E-state index contributed by atoms with van der Waals surface area (Å²) in [5.74, 6) is -0.348. The Morgan fingerprint density at radius 1 is 1.24 bits per heavy atom. The normalized spacial score (nSPS) is 11.8. The summed E-state index contributed by atoms with van der Waals surface area (Å²) in [4.78, 5) is 9.36. The third-order valence-corrected chi connectivity index (χ3v) is 3.20. The molecular weight excluding hydrogens is 230 g/mol. The van der Waals surface area contributed by atoms with E-state index in [4.69, 9.17) is 0 Å². The van der Waals surface area contributed by atoms with E-state index in [1.165, 1.54) is 4.90 Å². The van der Waals surface area contributed by atoms with Crippen LogP contribution in [0.3, 0.4) is 0 Å². The van der Waals surface area contributed by atoms with Gasteiger partial charge in [0.1, 0.15) is 5.92 Å². The zero-order valence-electron chi connectivity index (χ0n) is 9.37. The van der Waals surface area contributed by atoms with Gasteiger partial charge in [-0.2, -0.15) is 5.26 Å². The van der Waals surface area contributed by atoms with Crippen molar-refractivity contribution in [2.45, 2.75) is 10.8 Å². The fourth-order valence-corrected chi connectivity index (χ4v) is 1.98. The Morgan fingerprint density at radius 2 is 2.00 bits per heavy atom. The van der Waals surface area contributed by atoms with Crippen molar-refractivity contribution in [3.8, 4) is 6.07 Å². The number of hydrogen-bond donors (Lipinski definition) is 0. The first kappa shape index (κ1) is 11.6. The van der Waals surface area contributed by atoms with Gasteiger partial charge in [0, 0.05) is 17.3 Å². The summed E-state index contributed by atoms with van der Waals surface area (Å²) in [5, 5.41) is 9.24. The number of nitriles is 1. The van der Waals surface area contributed by atoms with Crippen molar-refractivity contribution in [3.63, 3.8) is 0 Å². The van der Waals surface area contributed by atoms with Crippen LogP contribution in [0.15, 0.2) is 47.8 Å². The van der Waals surface area contributed by atoms with Crippen molar-refractivity contribution >= 4 is 11.8 Å². The molecule has 1 heterocycles. The molecule has 4 heteroatoms. The van der Waals surface area contributed by atoms with E-state index in [1.54, 1.807) is 30.4 Å². The van der Waals surface area contributed by atoms with Crippen LogP contribution < -0.4 is 0 Å². The molecule has 1 atom stereocenters. The van der Waals surface area contributed by atoms with Crippen molar-refractivity contribution in [3.05, 3.63) is 54.1 Å². The van der Waals surface area contributed by atoms with E-state index >= 15 is 0 Å². The fraction of sp³-hybridized carbons (Fsp3) is 0.154. The molecule has 0 saturated carbocycles. The molecule has 0 radical (unpaired) electrons. The standard InChI is InChI=1S/C13H11N3S/c1-17-11-4-2-10(3-5-11)12(8-14)13-9-15-6-7-16-13/h2-7,9,12H,1H3. The molecule has 3 nitrogen and oxygen atoms in total. The Kier molecular flexibility index (Phi) is 3.73. The second-order valence-corrected chi connectivity index (χ2v) is 4.35. The molecule has 84 valence electrons. The Balaban J connectivity index is 2.33. The summed E-state index contributed by atoms with van der Waals surface area (Å²) in [6, 6.07) is 10.2. The van der Waals surface area contributed by atoms with Crippen LogP contribution in [0.1, 0.15) is 17.2 Å². The smallest absolute Gasteiger partial charge is 0.115 e. The maximum absolute atomic E-state index is 9.24. The van der Waals surface area contributed by atoms with Crippen LogP contribution in [0.4, 0.5) is 0 Å². The SMILES string of the molecule is CSc1ccc(C(C#N)c2cnccn2)cc1. The molecule has 1 aromatic carbocycles. The zero-order valence-corrected chi connectivity index (χ0v) is 10.2. The summed E-state index contributed by atoms with van der Waals surface area (Å²) in [6.45, 7) is 0. The molecule has 0 saturated heterocycles. The minimum atomic E-state index is -0.348. The van der Waals surface area contributed by atoms with Crippen molar-refractivity contribution in [1.82, 2.24) is 9.97 Å². The molecule has 0 bridgehead atoms. The number of rotatable bonds is 3. The second-order valence-electron chi connectivity index (χ2n) is 3.47. The highest BCUT2D eigenvalue weighted by atomic mass is 32.2. The highest BCUT2D eigenvalue weighted by molar-refractivity contribution is 7.98. The maximum atomic E-state index is 9.24. The van der Waals surface area contributed by atoms with Crippen LogP contribution in [-0.4, -0.2) is 16.2 Å². The first-order valence-electron chi connectivity index (χ1n) is 5.14. The van der Waals surface area contributed by atoms with E-state index in [1.807, 2.05) is 30.5 Å². The summed E-state index contributed by atoms with van der Waals surface area (Å²) in [7, 11) is 0. The van der Waals surface area contributed by atoms with Gasteiger partial charge in [0.15, 0.2) is 0 Å². The van der Waals surface area contributed by atoms with Crippen LogP contribution >= 0.6 is 11.8 Å². The van der Waals surface area contributed by atoms with Gasteiger partial charge in [-0.1, -0.05) is 12.1 Å². The lowest BCUT2D eigenvalue weighted by molar-refractivity contribution is 0.940. The molecule has 1 unspecified atom stereocenters. The van der Waals surface area contributed by atoms with E-state index < -0.39 is 0 Å². The third kappa shape index (κ3) is 2.63. The molecule has 0 N–H and O–H groups in total. The second kappa shape index (κ2) is 5.46. The van der Waals surface area contributed by atoms with E-state index in [0.29, 0.717) is 5.69 Å². The Labute approximate surface area is 105 Å². The number of benzene rings is 1. The molecule has 0 aliphatic heterocycles. The molecule has 0 fully saturated rings. The van der Waals surface area contributed by atoms with Crippen molar-refractivity contribution in [2.24, 2.45) is 0 Å². The van der Waals surface area contributed by atoms with Crippen molar-refractivity contribution in [1.29, 1.82) is 5.26 Å². The van der Waals surface area contributed by atoms with Crippen LogP contribution in [0.5, 0.6) is 0 Å². The van der Waals surface area contributed by atoms with E-state index in [2.05, 4.69) is 16.0 Å². The molecule has 2 rings (SSSR count). The lowest BCUT2D eigenvalue weighted by atomic mass is 9.98. The minimum Gasteiger partial charge on any atom is -0.261 e. The summed E-state index contributed by atoms with van der Waals surface area (Å²) >= 11 is 1.68. The van der Waals surface area contributed by atoms with Gasteiger partial charge in [0.2, 0.25) is 0 Å². The average Bonchev–Trinajstić information content (AvgIpc) is 2.42. The summed E-state index contributed by atoms with van der Waals surface area (Å²) in [6.07, 6.45) is 6.88. The lowest BCUT2D eigenvalue weighted by Crippen LogP contribution is -2.01. The van der Waals surface area contributed by atoms with Crippen molar-refractivity contribution in [2.75, 3.05) is 6.26 Å². The van der Waals surface area contributed by atoms with Crippen LogP contribution in [0, 0.1) is 11.3 Å². The first-order valence-corrected chi connectivity index (χ1v) is 6.37. The highest BCUT2D eigenvalue weighted by Gasteiger charge is 2.14. The van der Waals surface area contributed by atoms with Gasteiger partial charge in [0.05, 0.1) is 18.0 Å². The van der Waals surface area contributed by atoms with E-state index in [-0.39, 0.29) is 5.92 Å². The zero-order chi connectivity index (χ0) is 12.1. The Bertz CT molecular complexity index is 517. The molecule has 17 heavy (non-hydrogen) atoms. The molecule has 0 aliphatic rings. The largest absolute Gasteiger partial charge is 0.261 e. The van der Waals surface area contributed by atoms with Gasteiger partial charge in [0.25, 0.3) is 0 Å². The summed E-state index contributed by atoms with van der Waals surface area (Å²) in [5.41, 5.74) is 1.64. The minimum absolute atomic E-state index is 0.348. The number of hydrogen-bond acceptors (Lipinski definition) is 4. The van der Waals surface area contributed by atoms with Gasteiger partial charge in [-0.15, -0.1) is 11.8 Å². The van der Waals surface area contributed by atoms with E-state index in [9.17, 15) is 5.26 Å². The van der Waals surface area contributed by atoms with E-state index in [0.717, 1.165) is 5.56 Å². The monoisotopic (exact) mass is 241 g/mol. The van der Waals surface area contributed by atoms with Crippen LogP contribution in [0.2, 0.25) is 0 Å². The molecular formula is C13H11N3S. The predicted octanol–water partition coefficient (Wildman–Crippen LogP) is 2.85. The molecule has 0 spiro atoms. The third-order valence-electron chi connectivity index (χ3n) is 2.46.